The predicted molar refractivity (Wildman–Crippen MR) is 86.2 cm³/mol. The SMILES string of the molecule is NC(=O)c1c(C2CCCC2N2CCCC2)cc(C(F)(F)F)cc1C(F)(F)F. The van der Waals surface area contributed by atoms with Gasteiger partial charge in [-0.3, -0.25) is 9.69 Å². The van der Waals surface area contributed by atoms with E-state index in [1.807, 2.05) is 0 Å². The van der Waals surface area contributed by atoms with Crippen LogP contribution in [0, 0.1) is 0 Å². The van der Waals surface area contributed by atoms with Crippen LogP contribution in [0.3, 0.4) is 0 Å². The lowest BCUT2D eigenvalue weighted by atomic mass is 9.85. The third-order valence-corrected chi connectivity index (χ3v) is 5.54. The minimum Gasteiger partial charge on any atom is -0.366 e. The Morgan fingerprint density at radius 1 is 0.963 bits per heavy atom. The van der Waals surface area contributed by atoms with Crippen molar-refractivity contribution in [1.29, 1.82) is 0 Å². The smallest absolute Gasteiger partial charge is 0.366 e. The Bertz CT molecular complexity index is 722. The topological polar surface area (TPSA) is 46.3 Å². The zero-order valence-electron chi connectivity index (χ0n) is 14.5. The molecule has 0 aromatic heterocycles. The number of hydrogen-bond acceptors (Lipinski definition) is 2. The number of carbonyl (C=O) groups excluding carboxylic acids is 1. The molecule has 1 aliphatic carbocycles. The summed E-state index contributed by atoms with van der Waals surface area (Å²) in [7, 11) is 0. The fourth-order valence-corrected chi connectivity index (χ4v) is 4.43. The molecule has 1 aliphatic heterocycles. The molecule has 2 atom stereocenters. The molecule has 1 aromatic carbocycles. The van der Waals surface area contributed by atoms with Crippen LogP contribution in [0.1, 0.15) is 65.1 Å². The van der Waals surface area contributed by atoms with Crippen LogP contribution in [0.5, 0.6) is 0 Å². The van der Waals surface area contributed by atoms with Gasteiger partial charge in [-0.1, -0.05) is 6.42 Å². The van der Waals surface area contributed by atoms with Gasteiger partial charge in [0.05, 0.1) is 16.7 Å². The van der Waals surface area contributed by atoms with Crippen molar-refractivity contribution in [3.8, 4) is 0 Å². The van der Waals surface area contributed by atoms with Crippen LogP contribution in [-0.2, 0) is 12.4 Å². The number of nitrogens with zero attached hydrogens (tertiary/aromatic N) is 1. The van der Waals surface area contributed by atoms with Gasteiger partial charge in [-0.05, 0) is 56.5 Å². The molecule has 2 unspecified atom stereocenters. The second kappa shape index (κ2) is 7.00. The van der Waals surface area contributed by atoms with Crippen molar-refractivity contribution in [3.05, 3.63) is 34.4 Å². The maximum atomic E-state index is 13.5. The lowest BCUT2D eigenvalue weighted by Gasteiger charge is -2.31. The van der Waals surface area contributed by atoms with E-state index in [1.54, 1.807) is 0 Å². The molecule has 9 heteroatoms. The summed E-state index contributed by atoms with van der Waals surface area (Å²) in [5.41, 5.74) is 1.15. The molecule has 3 rings (SSSR count). The van der Waals surface area contributed by atoms with Crippen molar-refractivity contribution < 1.29 is 31.1 Å². The summed E-state index contributed by atoms with van der Waals surface area (Å²) in [6.07, 6.45) is -6.37. The summed E-state index contributed by atoms with van der Waals surface area (Å²) >= 11 is 0. The first kappa shape index (κ1) is 20.0. The van der Waals surface area contributed by atoms with E-state index in [4.69, 9.17) is 5.73 Å². The van der Waals surface area contributed by atoms with E-state index >= 15 is 0 Å². The van der Waals surface area contributed by atoms with Crippen molar-refractivity contribution in [2.45, 2.75) is 56.4 Å². The van der Waals surface area contributed by atoms with Gasteiger partial charge in [-0.15, -0.1) is 0 Å². The van der Waals surface area contributed by atoms with Crippen molar-refractivity contribution >= 4 is 5.91 Å². The number of alkyl halides is 6. The number of hydrogen-bond donors (Lipinski definition) is 1. The minimum atomic E-state index is -5.11. The van der Waals surface area contributed by atoms with Gasteiger partial charge in [0.1, 0.15) is 0 Å². The van der Waals surface area contributed by atoms with Gasteiger partial charge >= 0.3 is 12.4 Å². The average molecular weight is 394 g/mol. The van der Waals surface area contributed by atoms with Crippen LogP contribution in [0.4, 0.5) is 26.3 Å². The molecule has 1 saturated carbocycles. The van der Waals surface area contributed by atoms with Crippen molar-refractivity contribution in [2.75, 3.05) is 13.1 Å². The molecule has 0 radical (unpaired) electrons. The second-order valence-electron chi connectivity index (χ2n) is 7.20. The van der Waals surface area contributed by atoms with Gasteiger partial charge in [0.25, 0.3) is 0 Å². The van der Waals surface area contributed by atoms with E-state index in [2.05, 4.69) is 4.90 Å². The van der Waals surface area contributed by atoms with Gasteiger partial charge in [0.2, 0.25) is 5.91 Å². The maximum absolute atomic E-state index is 13.5. The predicted octanol–water partition coefficient (Wildman–Crippen LogP) is 4.56. The lowest BCUT2D eigenvalue weighted by molar-refractivity contribution is -0.143. The molecule has 150 valence electrons. The van der Waals surface area contributed by atoms with E-state index in [1.165, 1.54) is 0 Å². The number of nitrogens with two attached hydrogens (primary N) is 1. The number of benzene rings is 1. The largest absolute Gasteiger partial charge is 0.417 e. The number of likely N-dealkylation sites (tertiary alicyclic amines) is 1. The van der Waals surface area contributed by atoms with Gasteiger partial charge in [0, 0.05) is 12.0 Å². The average Bonchev–Trinajstić information content (AvgIpc) is 3.22. The summed E-state index contributed by atoms with van der Waals surface area (Å²) in [5.74, 6) is -1.92. The lowest BCUT2D eigenvalue weighted by Crippen LogP contribution is -2.36. The quantitative estimate of drug-likeness (QED) is 0.765. The molecule has 1 heterocycles. The molecular weight excluding hydrogens is 374 g/mol. The van der Waals surface area contributed by atoms with E-state index in [-0.39, 0.29) is 17.7 Å². The molecule has 1 saturated heterocycles. The Morgan fingerprint density at radius 2 is 1.59 bits per heavy atom. The molecule has 2 N–H and O–H groups in total. The maximum Gasteiger partial charge on any atom is 0.417 e. The van der Waals surface area contributed by atoms with E-state index in [9.17, 15) is 31.1 Å². The molecule has 1 aromatic rings. The Kier molecular flexibility index (Phi) is 5.18. The van der Waals surface area contributed by atoms with Crippen LogP contribution in [0.2, 0.25) is 0 Å². The fraction of sp³-hybridized carbons (Fsp3) is 0.611. The van der Waals surface area contributed by atoms with Crippen molar-refractivity contribution in [3.63, 3.8) is 0 Å². The van der Waals surface area contributed by atoms with Crippen LogP contribution in [0.25, 0.3) is 0 Å². The van der Waals surface area contributed by atoms with Crippen molar-refractivity contribution in [2.24, 2.45) is 5.73 Å². The highest BCUT2D eigenvalue weighted by molar-refractivity contribution is 5.96. The Balaban J connectivity index is 2.18. The summed E-state index contributed by atoms with van der Waals surface area (Å²) in [6.45, 7) is 1.52. The third kappa shape index (κ3) is 3.93. The Labute approximate surface area is 152 Å². The normalized spacial score (nSPS) is 24.5. The highest BCUT2D eigenvalue weighted by Gasteiger charge is 2.44. The van der Waals surface area contributed by atoms with E-state index in [0.717, 1.165) is 25.9 Å². The number of halogens is 6. The van der Waals surface area contributed by atoms with Crippen LogP contribution < -0.4 is 5.73 Å². The molecule has 3 nitrogen and oxygen atoms in total. The molecular formula is C18H20F6N2O. The monoisotopic (exact) mass is 394 g/mol. The first-order chi connectivity index (χ1) is 12.5. The number of rotatable bonds is 3. The minimum absolute atomic E-state index is 0.0105. The van der Waals surface area contributed by atoms with E-state index in [0.29, 0.717) is 25.3 Å². The summed E-state index contributed by atoms with van der Waals surface area (Å²) in [4.78, 5) is 14.0. The zero-order chi connectivity index (χ0) is 20.0. The number of amides is 1. The highest BCUT2D eigenvalue weighted by atomic mass is 19.4. The molecule has 27 heavy (non-hydrogen) atoms. The first-order valence-electron chi connectivity index (χ1n) is 8.86. The van der Waals surface area contributed by atoms with Gasteiger partial charge in [-0.25, -0.2) is 0 Å². The third-order valence-electron chi connectivity index (χ3n) is 5.54. The number of primary amides is 1. The standard InChI is InChI=1S/C18H20F6N2O/c19-17(20,21)10-8-12(15(16(25)27)13(9-10)18(22,23)24)11-4-3-5-14(11)26-6-1-2-7-26/h8-9,11,14H,1-7H2,(H2,25,27). The van der Waals surface area contributed by atoms with Crippen LogP contribution in [-0.4, -0.2) is 29.9 Å². The molecule has 0 spiro atoms. The fourth-order valence-electron chi connectivity index (χ4n) is 4.43. The summed E-state index contributed by atoms with van der Waals surface area (Å²) in [5, 5.41) is 0. The first-order valence-corrected chi connectivity index (χ1v) is 8.86. The van der Waals surface area contributed by atoms with Gasteiger partial charge in [0.15, 0.2) is 0 Å². The molecule has 1 amide bonds. The number of carbonyl (C=O) groups is 1. The Morgan fingerprint density at radius 3 is 2.11 bits per heavy atom. The van der Waals surface area contributed by atoms with Gasteiger partial charge in [-0.2, -0.15) is 26.3 Å². The molecule has 2 aliphatic rings. The Hall–Kier alpha value is -1.77. The highest BCUT2D eigenvalue weighted by Crippen LogP contribution is 2.45. The second-order valence-corrected chi connectivity index (χ2v) is 7.20. The van der Waals surface area contributed by atoms with E-state index < -0.39 is 40.9 Å². The van der Waals surface area contributed by atoms with Crippen molar-refractivity contribution in [1.82, 2.24) is 4.90 Å². The zero-order valence-corrected chi connectivity index (χ0v) is 14.5. The van der Waals surface area contributed by atoms with Crippen LogP contribution in [0.15, 0.2) is 12.1 Å². The summed E-state index contributed by atoms with van der Waals surface area (Å²) < 4.78 is 80.1. The molecule has 2 fully saturated rings. The van der Waals surface area contributed by atoms with Gasteiger partial charge < -0.3 is 5.73 Å². The molecule has 0 bridgehead atoms. The van der Waals surface area contributed by atoms with Crippen LogP contribution >= 0.6 is 0 Å². The summed E-state index contributed by atoms with van der Waals surface area (Å²) in [6, 6.07) is 0.507.